The van der Waals surface area contributed by atoms with Gasteiger partial charge < -0.3 is 10.7 Å². The van der Waals surface area contributed by atoms with Crippen molar-refractivity contribution >= 4 is 16.7 Å². The maximum atomic E-state index is 7.06. The van der Waals surface area contributed by atoms with Crippen molar-refractivity contribution in [3.63, 3.8) is 0 Å². The van der Waals surface area contributed by atoms with E-state index in [0.29, 0.717) is 0 Å². The summed E-state index contributed by atoms with van der Waals surface area (Å²) in [6.07, 6.45) is 7.49. The van der Waals surface area contributed by atoms with Crippen LogP contribution in [0.2, 0.25) is 0 Å². The number of hydrogen-bond donors (Lipinski definition) is 3. The number of nitrogens with one attached hydrogen (secondary N) is 2. The van der Waals surface area contributed by atoms with Gasteiger partial charge in [-0.25, -0.2) is 0 Å². The van der Waals surface area contributed by atoms with Crippen LogP contribution in [-0.4, -0.2) is 10.8 Å². The summed E-state index contributed by atoms with van der Waals surface area (Å²) < 4.78 is 0. The van der Waals surface area contributed by atoms with Crippen molar-refractivity contribution in [2.75, 3.05) is 0 Å². The van der Waals surface area contributed by atoms with Gasteiger partial charge in [-0.1, -0.05) is 24.3 Å². The number of fused-ring (bicyclic) bond motifs is 1. The van der Waals surface area contributed by atoms with E-state index in [-0.39, 0.29) is 5.84 Å². The molecule has 0 aliphatic carbocycles. The molecule has 0 aliphatic rings. The van der Waals surface area contributed by atoms with Crippen LogP contribution < -0.4 is 5.73 Å². The van der Waals surface area contributed by atoms with E-state index < -0.39 is 0 Å². The third kappa shape index (κ3) is 2.31. The highest BCUT2D eigenvalue weighted by Gasteiger charge is 2.00. The minimum atomic E-state index is 0.110. The first-order valence-corrected chi connectivity index (χ1v) is 5.33. The van der Waals surface area contributed by atoms with Crippen molar-refractivity contribution in [1.82, 2.24) is 4.98 Å². The fraction of sp³-hybridized carbons (Fsp3) is 0.154. The number of H-pyrrole nitrogens is 1. The molecule has 0 atom stereocenters. The number of nitrogens with two attached hydrogens (primary N) is 1. The van der Waals surface area contributed by atoms with Gasteiger partial charge in [-0.15, -0.1) is 0 Å². The molecule has 0 amide bonds. The summed E-state index contributed by atoms with van der Waals surface area (Å²) in [5.74, 6) is 0.110. The number of para-hydroxylation sites is 1. The summed E-state index contributed by atoms with van der Waals surface area (Å²) in [6, 6.07) is 8.27. The summed E-state index contributed by atoms with van der Waals surface area (Å²) in [5, 5.41) is 8.34. The predicted octanol–water partition coefficient (Wildman–Crippen LogP) is 2.59. The van der Waals surface area contributed by atoms with Gasteiger partial charge >= 0.3 is 0 Å². The number of rotatable bonds is 4. The van der Waals surface area contributed by atoms with Gasteiger partial charge in [0.1, 0.15) is 5.84 Å². The summed E-state index contributed by atoms with van der Waals surface area (Å²) in [5.41, 5.74) is 7.72. The van der Waals surface area contributed by atoms with Gasteiger partial charge in [0, 0.05) is 17.1 Å². The maximum absolute atomic E-state index is 7.06. The molecule has 16 heavy (non-hydrogen) atoms. The zero-order chi connectivity index (χ0) is 11.4. The van der Waals surface area contributed by atoms with Crippen LogP contribution in [0.5, 0.6) is 0 Å². The minimum Gasteiger partial charge on any atom is -0.384 e. The first kappa shape index (κ1) is 10.5. The fourth-order valence-corrected chi connectivity index (χ4v) is 1.79. The topological polar surface area (TPSA) is 65.7 Å². The molecule has 0 unspecified atom stereocenters. The Morgan fingerprint density at radius 3 is 3.00 bits per heavy atom. The molecule has 0 saturated heterocycles. The Labute approximate surface area is 94.5 Å². The van der Waals surface area contributed by atoms with Crippen LogP contribution in [-0.2, 0) is 6.42 Å². The molecule has 0 radical (unpaired) electrons. The Hall–Kier alpha value is -2.03. The van der Waals surface area contributed by atoms with Gasteiger partial charge in [0.25, 0.3) is 0 Å². The summed E-state index contributed by atoms with van der Waals surface area (Å²) >= 11 is 0. The Morgan fingerprint density at radius 1 is 1.38 bits per heavy atom. The molecule has 4 N–H and O–H groups in total. The van der Waals surface area contributed by atoms with Gasteiger partial charge in [-0.2, -0.15) is 0 Å². The van der Waals surface area contributed by atoms with Crippen molar-refractivity contribution in [3.8, 4) is 0 Å². The summed E-state index contributed by atoms with van der Waals surface area (Å²) in [7, 11) is 0. The molecule has 0 aliphatic heterocycles. The number of aromatic nitrogens is 1. The first-order chi connectivity index (χ1) is 7.77. The standard InChI is InChI=1S/C13H15N3/c14-13(15)8-4-1-5-10-9-16-12-7-3-2-6-11(10)12/h2-4,6-9,16H,1,5H2,(H3,14,15). The predicted molar refractivity (Wildman–Crippen MR) is 67.7 cm³/mol. The van der Waals surface area contributed by atoms with Gasteiger partial charge in [-0.3, -0.25) is 5.41 Å². The van der Waals surface area contributed by atoms with Crippen LogP contribution in [0.3, 0.4) is 0 Å². The fourth-order valence-electron chi connectivity index (χ4n) is 1.79. The van der Waals surface area contributed by atoms with Crippen LogP contribution in [0.1, 0.15) is 12.0 Å². The lowest BCUT2D eigenvalue weighted by Crippen LogP contribution is -2.04. The van der Waals surface area contributed by atoms with E-state index in [1.54, 1.807) is 6.08 Å². The van der Waals surface area contributed by atoms with Crippen molar-refractivity contribution in [2.24, 2.45) is 5.73 Å². The molecule has 3 heteroatoms. The molecule has 1 heterocycles. The monoisotopic (exact) mass is 213 g/mol. The second-order valence-corrected chi connectivity index (χ2v) is 3.76. The molecule has 1 aromatic carbocycles. The Bertz CT molecular complexity index is 523. The normalized spacial score (nSPS) is 11.2. The van der Waals surface area contributed by atoms with Crippen LogP contribution in [0, 0.1) is 5.41 Å². The largest absolute Gasteiger partial charge is 0.384 e. The lowest BCUT2D eigenvalue weighted by Gasteiger charge is -1.95. The molecular formula is C13H15N3. The van der Waals surface area contributed by atoms with Crippen LogP contribution in [0.15, 0.2) is 42.6 Å². The van der Waals surface area contributed by atoms with Gasteiger partial charge in [-0.05, 0) is 30.5 Å². The van der Waals surface area contributed by atoms with E-state index in [0.717, 1.165) is 12.8 Å². The SMILES string of the molecule is N=C(N)C=CCCc1c[nH]c2ccccc12. The van der Waals surface area contributed by atoms with Crippen molar-refractivity contribution < 1.29 is 0 Å². The highest BCUT2D eigenvalue weighted by atomic mass is 14.7. The number of allylic oxidation sites excluding steroid dienone is 1. The lowest BCUT2D eigenvalue weighted by molar-refractivity contribution is 1.01. The zero-order valence-electron chi connectivity index (χ0n) is 9.03. The first-order valence-electron chi connectivity index (χ1n) is 5.33. The number of aryl methyl sites for hydroxylation is 1. The summed E-state index contributed by atoms with van der Waals surface area (Å²) in [4.78, 5) is 3.25. The molecule has 82 valence electrons. The lowest BCUT2D eigenvalue weighted by atomic mass is 10.1. The highest BCUT2D eigenvalue weighted by molar-refractivity contribution is 5.88. The Morgan fingerprint density at radius 2 is 2.19 bits per heavy atom. The van der Waals surface area contributed by atoms with Crippen molar-refractivity contribution in [3.05, 3.63) is 48.2 Å². The Balaban J connectivity index is 2.07. The van der Waals surface area contributed by atoms with E-state index in [1.807, 2.05) is 24.4 Å². The molecular weight excluding hydrogens is 198 g/mol. The van der Waals surface area contributed by atoms with Crippen LogP contribution in [0.4, 0.5) is 0 Å². The third-order valence-electron chi connectivity index (χ3n) is 2.55. The number of amidine groups is 1. The molecule has 0 spiro atoms. The van der Waals surface area contributed by atoms with Gasteiger partial charge in [0.15, 0.2) is 0 Å². The number of benzene rings is 1. The highest BCUT2D eigenvalue weighted by Crippen LogP contribution is 2.18. The van der Waals surface area contributed by atoms with Crippen molar-refractivity contribution in [1.29, 1.82) is 5.41 Å². The van der Waals surface area contributed by atoms with E-state index in [2.05, 4.69) is 17.1 Å². The van der Waals surface area contributed by atoms with Crippen LogP contribution >= 0.6 is 0 Å². The molecule has 0 saturated carbocycles. The van der Waals surface area contributed by atoms with E-state index >= 15 is 0 Å². The maximum Gasteiger partial charge on any atom is 0.114 e. The molecule has 2 rings (SSSR count). The quantitative estimate of drug-likeness (QED) is 0.530. The second kappa shape index (κ2) is 4.66. The average molecular weight is 213 g/mol. The molecule has 3 nitrogen and oxygen atoms in total. The second-order valence-electron chi connectivity index (χ2n) is 3.76. The number of hydrogen-bond acceptors (Lipinski definition) is 1. The molecule has 1 aromatic heterocycles. The average Bonchev–Trinajstić information content (AvgIpc) is 2.68. The zero-order valence-corrected chi connectivity index (χ0v) is 9.03. The van der Waals surface area contributed by atoms with Gasteiger partial charge in [0.05, 0.1) is 0 Å². The third-order valence-corrected chi connectivity index (χ3v) is 2.55. The van der Waals surface area contributed by atoms with E-state index in [1.165, 1.54) is 16.5 Å². The Kier molecular flexibility index (Phi) is 3.05. The molecule has 2 aromatic rings. The van der Waals surface area contributed by atoms with Crippen LogP contribution in [0.25, 0.3) is 10.9 Å². The number of aromatic amines is 1. The van der Waals surface area contributed by atoms with Gasteiger partial charge in [0.2, 0.25) is 0 Å². The minimum absolute atomic E-state index is 0.110. The van der Waals surface area contributed by atoms with Crippen molar-refractivity contribution in [2.45, 2.75) is 12.8 Å². The van der Waals surface area contributed by atoms with E-state index in [9.17, 15) is 0 Å². The molecule has 0 bridgehead atoms. The summed E-state index contributed by atoms with van der Waals surface area (Å²) in [6.45, 7) is 0. The smallest absolute Gasteiger partial charge is 0.114 e. The van der Waals surface area contributed by atoms with E-state index in [4.69, 9.17) is 11.1 Å². The molecule has 0 fully saturated rings.